The van der Waals surface area contributed by atoms with E-state index in [0.29, 0.717) is 17.1 Å². The normalized spacial score (nSPS) is 15.0. The van der Waals surface area contributed by atoms with Gasteiger partial charge >= 0.3 is 0 Å². The van der Waals surface area contributed by atoms with Gasteiger partial charge in [-0.3, -0.25) is 9.69 Å². The van der Waals surface area contributed by atoms with E-state index in [1.54, 1.807) is 18.3 Å². The Hall–Kier alpha value is -2.97. The van der Waals surface area contributed by atoms with Crippen molar-refractivity contribution in [2.24, 2.45) is 0 Å². The molecular formula is C19H21N5O3. The van der Waals surface area contributed by atoms with Gasteiger partial charge in [0.25, 0.3) is 5.91 Å². The first-order chi connectivity index (χ1) is 13.2. The molecule has 4 rings (SSSR count). The molecular weight excluding hydrogens is 346 g/mol. The Kier molecular flexibility index (Phi) is 4.99. The lowest BCUT2D eigenvalue weighted by Crippen LogP contribution is -2.35. The van der Waals surface area contributed by atoms with E-state index in [9.17, 15) is 4.79 Å². The van der Waals surface area contributed by atoms with Gasteiger partial charge in [-0.1, -0.05) is 0 Å². The summed E-state index contributed by atoms with van der Waals surface area (Å²) in [7, 11) is 1.49. The molecule has 8 heteroatoms. The first-order valence-electron chi connectivity index (χ1n) is 8.82. The van der Waals surface area contributed by atoms with Crippen LogP contribution in [0.5, 0.6) is 5.88 Å². The topological polar surface area (TPSA) is 92.4 Å². The van der Waals surface area contributed by atoms with Crippen LogP contribution in [0.4, 0.5) is 5.69 Å². The molecule has 1 saturated heterocycles. The predicted octanol–water partition coefficient (Wildman–Crippen LogP) is 2.05. The number of amides is 1. The van der Waals surface area contributed by atoms with Crippen LogP contribution in [0.15, 0.2) is 36.5 Å². The number of morpholine rings is 1. The fourth-order valence-electron chi connectivity index (χ4n) is 3.11. The highest BCUT2D eigenvalue weighted by molar-refractivity contribution is 6.06. The van der Waals surface area contributed by atoms with E-state index in [4.69, 9.17) is 9.47 Å². The van der Waals surface area contributed by atoms with Gasteiger partial charge in [0.2, 0.25) is 5.88 Å². The number of carbonyl (C=O) groups excluding carboxylic acids is 1. The van der Waals surface area contributed by atoms with Gasteiger partial charge < -0.3 is 19.8 Å². The SMILES string of the molecule is COc1ncccc1C(=O)Nc1ccc2nc(CN3CCOCC3)[nH]c2c1. The smallest absolute Gasteiger partial charge is 0.261 e. The van der Waals surface area contributed by atoms with Crippen molar-refractivity contribution in [3.63, 3.8) is 0 Å². The number of hydrogen-bond donors (Lipinski definition) is 2. The van der Waals surface area contributed by atoms with Crippen LogP contribution in [0.25, 0.3) is 11.0 Å². The van der Waals surface area contributed by atoms with Crippen LogP contribution in [-0.2, 0) is 11.3 Å². The number of nitrogens with zero attached hydrogens (tertiary/aromatic N) is 3. The number of imidazole rings is 1. The Balaban J connectivity index is 1.50. The number of benzene rings is 1. The second-order valence-electron chi connectivity index (χ2n) is 6.32. The van der Waals surface area contributed by atoms with Gasteiger partial charge in [0.1, 0.15) is 11.4 Å². The van der Waals surface area contributed by atoms with Crippen molar-refractivity contribution < 1.29 is 14.3 Å². The van der Waals surface area contributed by atoms with Crippen molar-refractivity contribution in [2.45, 2.75) is 6.54 Å². The molecule has 3 aromatic rings. The second kappa shape index (κ2) is 7.73. The summed E-state index contributed by atoms with van der Waals surface area (Å²) in [5.41, 5.74) is 2.82. The summed E-state index contributed by atoms with van der Waals surface area (Å²) in [5.74, 6) is 0.932. The molecule has 1 amide bonds. The summed E-state index contributed by atoms with van der Waals surface area (Å²) in [4.78, 5) is 26.9. The molecule has 0 saturated carbocycles. The van der Waals surface area contributed by atoms with Crippen LogP contribution in [0.2, 0.25) is 0 Å². The standard InChI is InChI=1S/C19H21N5O3/c1-26-19-14(3-2-6-20-19)18(25)21-13-4-5-15-16(11-13)23-17(22-15)12-24-7-9-27-10-8-24/h2-6,11H,7-10,12H2,1H3,(H,21,25)(H,22,23). The molecule has 1 aliphatic heterocycles. The third kappa shape index (κ3) is 3.91. The summed E-state index contributed by atoms with van der Waals surface area (Å²) in [6.45, 7) is 4.09. The zero-order valence-electron chi connectivity index (χ0n) is 15.1. The van der Waals surface area contributed by atoms with Gasteiger partial charge in [-0.15, -0.1) is 0 Å². The molecule has 8 nitrogen and oxygen atoms in total. The Morgan fingerprint density at radius 2 is 2.19 bits per heavy atom. The molecule has 1 aromatic carbocycles. The van der Waals surface area contributed by atoms with E-state index in [2.05, 4.69) is 25.2 Å². The molecule has 0 spiro atoms. The summed E-state index contributed by atoms with van der Waals surface area (Å²) in [5, 5.41) is 2.88. The fourth-order valence-corrected chi connectivity index (χ4v) is 3.11. The Labute approximate surface area is 156 Å². The molecule has 0 bridgehead atoms. The van der Waals surface area contributed by atoms with E-state index < -0.39 is 0 Å². The maximum Gasteiger partial charge on any atom is 0.261 e. The third-order valence-corrected chi connectivity index (χ3v) is 4.48. The molecule has 27 heavy (non-hydrogen) atoms. The highest BCUT2D eigenvalue weighted by Gasteiger charge is 2.15. The zero-order valence-corrected chi connectivity index (χ0v) is 15.1. The molecule has 3 heterocycles. The Morgan fingerprint density at radius 1 is 1.33 bits per heavy atom. The molecule has 2 aromatic heterocycles. The summed E-state index contributed by atoms with van der Waals surface area (Å²) >= 11 is 0. The van der Waals surface area contributed by atoms with Crippen molar-refractivity contribution in [1.82, 2.24) is 19.9 Å². The van der Waals surface area contributed by atoms with Gasteiger partial charge in [0.05, 0.1) is 37.9 Å². The van der Waals surface area contributed by atoms with E-state index in [1.807, 2.05) is 18.2 Å². The van der Waals surface area contributed by atoms with Crippen LogP contribution >= 0.6 is 0 Å². The van der Waals surface area contributed by atoms with Gasteiger partial charge in [0.15, 0.2) is 0 Å². The zero-order chi connectivity index (χ0) is 18.6. The van der Waals surface area contributed by atoms with Crippen molar-refractivity contribution in [1.29, 1.82) is 0 Å². The molecule has 1 fully saturated rings. The number of anilines is 1. The number of rotatable bonds is 5. The molecule has 140 valence electrons. The number of aromatic amines is 1. The first-order valence-corrected chi connectivity index (χ1v) is 8.82. The number of nitrogens with one attached hydrogen (secondary N) is 2. The number of methoxy groups -OCH3 is 1. The molecule has 0 atom stereocenters. The lowest BCUT2D eigenvalue weighted by atomic mass is 10.2. The molecule has 0 radical (unpaired) electrons. The van der Waals surface area contributed by atoms with Crippen molar-refractivity contribution in [2.75, 3.05) is 38.7 Å². The number of hydrogen-bond acceptors (Lipinski definition) is 6. The lowest BCUT2D eigenvalue weighted by Gasteiger charge is -2.25. The average Bonchev–Trinajstić information content (AvgIpc) is 3.10. The quantitative estimate of drug-likeness (QED) is 0.717. The summed E-state index contributed by atoms with van der Waals surface area (Å²) in [6, 6.07) is 8.99. The number of H-pyrrole nitrogens is 1. The monoisotopic (exact) mass is 367 g/mol. The highest BCUT2D eigenvalue weighted by atomic mass is 16.5. The number of carbonyl (C=O) groups is 1. The summed E-state index contributed by atoms with van der Waals surface area (Å²) < 4.78 is 10.5. The number of pyridine rings is 1. The fraction of sp³-hybridized carbons (Fsp3) is 0.316. The van der Waals surface area contributed by atoms with Crippen LogP contribution in [0, 0.1) is 0 Å². The van der Waals surface area contributed by atoms with Crippen LogP contribution in [0.1, 0.15) is 16.2 Å². The van der Waals surface area contributed by atoms with Crippen molar-refractivity contribution in [3.05, 3.63) is 47.9 Å². The van der Waals surface area contributed by atoms with Crippen LogP contribution in [0.3, 0.4) is 0 Å². The van der Waals surface area contributed by atoms with Gasteiger partial charge in [-0.2, -0.15) is 0 Å². The van der Waals surface area contributed by atoms with Gasteiger partial charge in [-0.05, 0) is 30.3 Å². The van der Waals surface area contributed by atoms with E-state index in [0.717, 1.165) is 49.7 Å². The predicted molar refractivity (Wildman–Crippen MR) is 101 cm³/mol. The van der Waals surface area contributed by atoms with Crippen LogP contribution < -0.4 is 10.1 Å². The summed E-state index contributed by atoms with van der Waals surface area (Å²) in [6.07, 6.45) is 1.59. The van der Waals surface area contributed by atoms with Gasteiger partial charge in [-0.25, -0.2) is 9.97 Å². The maximum absolute atomic E-state index is 12.5. The average molecular weight is 367 g/mol. The van der Waals surface area contributed by atoms with Gasteiger partial charge in [0, 0.05) is 25.0 Å². The van der Waals surface area contributed by atoms with E-state index in [1.165, 1.54) is 7.11 Å². The molecule has 0 aliphatic carbocycles. The van der Waals surface area contributed by atoms with Crippen LogP contribution in [-0.4, -0.2) is 59.2 Å². The lowest BCUT2D eigenvalue weighted by molar-refractivity contribution is 0.0332. The molecule has 1 aliphatic rings. The molecule has 2 N–H and O–H groups in total. The minimum absolute atomic E-state index is 0.271. The first kappa shape index (κ1) is 17.4. The second-order valence-corrected chi connectivity index (χ2v) is 6.32. The minimum atomic E-state index is -0.271. The number of ether oxygens (including phenoxy) is 2. The van der Waals surface area contributed by atoms with Crippen molar-refractivity contribution >= 4 is 22.6 Å². The minimum Gasteiger partial charge on any atom is -0.480 e. The third-order valence-electron chi connectivity index (χ3n) is 4.48. The highest BCUT2D eigenvalue weighted by Crippen LogP contribution is 2.20. The Morgan fingerprint density at radius 3 is 3.00 bits per heavy atom. The largest absolute Gasteiger partial charge is 0.480 e. The van der Waals surface area contributed by atoms with E-state index >= 15 is 0 Å². The van der Waals surface area contributed by atoms with Crippen molar-refractivity contribution in [3.8, 4) is 5.88 Å². The number of aromatic nitrogens is 3. The number of fused-ring (bicyclic) bond motifs is 1. The maximum atomic E-state index is 12.5. The molecule has 0 unspecified atom stereocenters. The Bertz CT molecular complexity index is 949. The van der Waals surface area contributed by atoms with E-state index in [-0.39, 0.29) is 5.91 Å².